The van der Waals surface area contributed by atoms with E-state index in [4.69, 9.17) is 16.3 Å². The van der Waals surface area contributed by atoms with Crippen LogP contribution in [0.2, 0.25) is 5.02 Å². The second-order valence-corrected chi connectivity index (χ2v) is 7.38. The summed E-state index contributed by atoms with van der Waals surface area (Å²) in [6.45, 7) is 0.459. The summed E-state index contributed by atoms with van der Waals surface area (Å²) in [5.41, 5.74) is 1.14. The molecule has 2 aliphatic rings. The molecule has 0 unspecified atom stereocenters. The fraction of sp³-hybridized carbons (Fsp3) is 0.400. The molecule has 2 aromatic rings. The molecular weight excluding hydrogens is 330 g/mol. The molecule has 1 fully saturated rings. The molecule has 1 nitrogen and oxygen atoms in total. The van der Waals surface area contributed by atoms with Crippen molar-refractivity contribution < 1.29 is 13.5 Å². The van der Waals surface area contributed by atoms with Crippen LogP contribution in [0.5, 0.6) is 5.75 Å². The van der Waals surface area contributed by atoms with Crippen LogP contribution in [0, 0.1) is 17.6 Å². The number of benzene rings is 2. The van der Waals surface area contributed by atoms with Gasteiger partial charge in [-0.1, -0.05) is 36.6 Å². The first-order valence-electron chi connectivity index (χ1n) is 8.46. The number of ether oxygens (including phenoxy) is 1. The van der Waals surface area contributed by atoms with E-state index in [2.05, 4.69) is 0 Å². The van der Waals surface area contributed by atoms with E-state index in [0.717, 1.165) is 37.3 Å². The zero-order chi connectivity index (χ0) is 16.7. The number of halogens is 3. The maximum atomic E-state index is 14.8. The van der Waals surface area contributed by atoms with E-state index in [1.165, 1.54) is 6.07 Å². The van der Waals surface area contributed by atoms with Crippen molar-refractivity contribution in [2.24, 2.45) is 5.92 Å². The molecule has 0 bridgehead atoms. The lowest BCUT2D eigenvalue weighted by Gasteiger charge is -2.48. The Kier molecular flexibility index (Phi) is 4.00. The van der Waals surface area contributed by atoms with Crippen LogP contribution in [0.15, 0.2) is 36.4 Å². The van der Waals surface area contributed by atoms with Crippen LogP contribution in [-0.2, 0) is 11.8 Å². The quantitative estimate of drug-likeness (QED) is 0.678. The fourth-order valence-electron chi connectivity index (χ4n) is 4.49. The van der Waals surface area contributed by atoms with Gasteiger partial charge >= 0.3 is 0 Å². The molecule has 24 heavy (non-hydrogen) atoms. The minimum Gasteiger partial charge on any atom is -0.490 e. The van der Waals surface area contributed by atoms with Crippen LogP contribution < -0.4 is 4.74 Å². The Morgan fingerprint density at radius 3 is 2.58 bits per heavy atom. The summed E-state index contributed by atoms with van der Waals surface area (Å²) in [6.07, 6.45) is 4.67. The molecule has 2 atom stereocenters. The van der Waals surface area contributed by atoms with Crippen molar-refractivity contribution in [3.05, 3.63) is 64.2 Å². The highest BCUT2D eigenvalue weighted by atomic mass is 35.5. The van der Waals surface area contributed by atoms with E-state index in [-0.39, 0.29) is 17.5 Å². The lowest BCUT2D eigenvalue weighted by molar-refractivity contribution is 0.0784. The predicted molar refractivity (Wildman–Crippen MR) is 90.6 cm³/mol. The first-order chi connectivity index (χ1) is 11.6. The zero-order valence-corrected chi connectivity index (χ0v) is 14.1. The first kappa shape index (κ1) is 15.9. The minimum absolute atomic E-state index is 0.113. The molecule has 1 heterocycles. The highest BCUT2D eigenvalue weighted by molar-refractivity contribution is 6.30. The van der Waals surface area contributed by atoms with Gasteiger partial charge in [0.05, 0.1) is 6.61 Å². The van der Waals surface area contributed by atoms with E-state index in [9.17, 15) is 8.78 Å². The van der Waals surface area contributed by atoms with Crippen molar-refractivity contribution >= 4 is 11.6 Å². The second-order valence-electron chi connectivity index (χ2n) is 6.95. The summed E-state index contributed by atoms with van der Waals surface area (Å²) in [5, 5.41) is 0.682. The molecular formula is C20H19ClF2O. The standard InChI is InChI=1S/C20H19ClF2O/c21-15-6-4-13(5-7-15)11-20-10-2-1-3-14(20)12-24-19-17(23)9-8-16(22)18(19)20/h4-9,14H,1-3,10-12H2/t14-,20+/m1/s1. The Morgan fingerprint density at radius 2 is 1.79 bits per heavy atom. The molecule has 4 heteroatoms. The summed E-state index contributed by atoms with van der Waals surface area (Å²) < 4.78 is 34.7. The monoisotopic (exact) mass is 348 g/mol. The van der Waals surface area contributed by atoms with Gasteiger partial charge in [-0.25, -0.2) is 8.78 Å². The van der Waals surface area contributed by atoms with Crippen molar-refractivity contribution in [2.45, 2.75) is 37.5 Å². The third kappa shape index (κ3) is 2.50. The third-order valence-electron chi connectivity index (χ3n) is 5.63. The van der Waals surface area contributed by atoms with Gasteiger partial charge in [-0.2, -0.15) is 0 Å². The molecule has 126 valence electrons. The summed E-state index contributed by atoms with van der Waals surface area (Å²) >= 11 is 5.99. The average molecular weight is 349 g/mol. The van der Waals surface area contributed by atoms with Gasteiger partial charge in [0.15, 0.2) is 11.6 Å². The average Bonchev–Trinajstić information content (AvgIpc) is 2.59. The van der Waals surface area contributed by atoms with Crippen molar-refractivity contribution in [1.82, 2.24) is 0 Å². The van der Waals surface area contributed by atoms with Crippen LogP contribution in [-0.4, -0.2) is 6.61 Å². The van der Waals surface area contributed by atoms with Gasteiger partial charge in [-0.3, -0.25) is 0 Å². The minimum atomic E-state index is -0.467. The van der Waals surface area contributed by atoms with Crippen LogP contribution in [0.25, 0.3) is 0 Å². The Labute approximate surface area is 145 Å². The number of rotatable bonds is 2. The summed E-state index contributed by atoms with van der Waals surface area (Å²) in [5.74, 6) is -0.495. The molecule has 0 spiro atoms. The summed E-state index contributed by atoms with van der Waals surface area (Å²) in [4.78, 5) is 0. The number of fused-ring (bicyclic) bond motifs is 3. The van der Waals surface area contributed by atoms with Crippen LogP contribution in [0.3, 0.4) is 0 Å². The van der Waals surface area contributed by atoms with Gasteiger partial charge < -0.3 is 4.74 Å². The third-order valence-corrected chi connectivity index (χ3v) is 5.88. The van der Waals surface area contributed by atoms with Crippen LogP contribution >= 0.6 is 11.6 Å². The van der Waals surface area contributed by atoms with Crippen molar-refractivity contribution in [2.75, 3.05) is 6.61 Å². The molecule has 1 aliphatic carbocycles. The molecule has 4 rings (SSSR count). The lowest BCUT2D eigenvalue weighted by atomic mass is 9.59. The fourth-order valence-corrected chi connectivity index (χ4v) is 4.62. The van der Waals surface area contributed by atoms with Gasteiger partial charge in [0.2, 0.25) is 0 Å². The molecule has 2 aromatic carbocycles. The van der Waals surface area contributed by atoms with E-state index in [0.29, 0.717) is 23.6 Å². The van der Waals surface area contributed by atoms with Gasteiger partial charge in [0.1, 0.15) is 5.82 Å². The topological polar surface area (TPSA) is 9.23 Å². The van der Waals surface area contributed by atoms with Gasteiger partial charge in [-0.05, 0) is 49.1 Å². The van der Waals surface area contributed by atoms with Crippen molar-refractivity contribution in [3.8, 4) is 5.75 Å². The first-order valence-corrected chi connectivity index (χ1v) is 8.84. The Hall–Kier alpha value is -1.61. The Balaban J connectivity index is 1.85. The number of hydrogen-bond acceptors (Lipinski definition) is 1. The molecule has 0 N–H and O–H groups in total. The Morgan fingerprint density at radius 1 is 1.04 bits per heavy atom. The summed E-state index contributed by atoms with van der Waals surface area (Å²) in [6, 6.07) is 10.1. The molecule has 0 saturated heterocycles. The van der Waals surface area contributed by atoms with E-state index in [1.54, 1.807) is 0 Å². The highest BCUT2D eigenvalue weighted by Gasteiger charge is 2.49. The maximum absolute atomic E-state index is 14.8. The predicted octanol–water partition coefficient (Wildman–Crippen LogP) is 5.68. The lowest BCUT2D eigenvalue weighted by Crippen LogP contribution is -2.47. The maximum Gasteiger partial charge on any atom is 0.165 e. The largest absolute Gasteiger partial charge is 0.490 e. The smallest absolute Gasteiger partial charge is 0.165 e. The molecule has 1 saturated carbocycles. The highest BCUT2D eigenvalue weighted by Crippen LogP contribution is 2.53. The number of hydrogen-bond donors (Lipinski definition) is 0. The Bertz CT molecular complexity index is 759. The molecule has 0 amide bonds. The van der Waals surface area contributed by atoms with E-state index >= 15 is 0 Å². The second kappa shape index (κ2) is 6.03. The van der Waals surface area contributed by atoms with Crippen molar-refractivity contribution in [3.63, 3.8) is 0 Å². The van der Waals surface area contributed by atoms with Crippen LogP contribution in [0.4, 0.5) is 8.78 Å². The van der Waals surface area contributed by atoms with Gasteiger partial charge in [0.25, 0.3) is 0 Å². The zero-order valence-electron chi connectivity index (χ0n) is 13.3. The molecule has 0 radical (unpaired) electrons. The van der Waals surface area contributed by atoms with Crippen LogP contribution in [0.1, 0.15) is 36.8 Å². The van der Waals surface area contributed by atoms with Gasteiger partial charge in [-0.15, -0.1) is 0 Å². The molecule has 0 aromatic heterocycles. The van der Waals surface area contributed by atoms with Crippen molar-refractivity contribution in [1.29, 1.82) is 0 Å². The normalized spacial score (nSPS) is 25.5. The van der Waals surface area contributed by atoms with Gasteiger partial charge in [0, 0.05) is 21.9 Å². The van der Waals surface area contributed by atoms with E-state index < -0.39 is 11.2 Å². The molecule has 1 aliphatic heterocycles. The SMILES string of the molecule is Fc1ccc(F)c2c1OC[C@H]1CCCC[C@@]21Cc1ccc(Cl)cc1. The van der Waals surface area contributed by atoms with E-state index in [1.807, 2.05) is 24.3 Å². The summed E-state index contributed by atoms with van der Waals surface area (Å²) in [7, 11) is 0.